The molecule has 1 aromatic rings. The van der Waals surface area contributed by atoms with E-state index in [1.54, 1.807) is 12.1 Å². The molecule has 0 bridgehead atoms. The summed E-state index contributed by atoms with van der Waals surface area (Å²) in [4.78, 5) is 16.2. The van der Waals surface area contributed by atoms with Crippen LogP contribution >= 0.6 is 24.8 Å². The van der Waals surface area contributed by atoms with Crippen molar-refractivity contribution in [3.63, 3.8) is 0 Å². The molecule has 0 aromatic heterocycles. The van der Waals surface area contributed by atoms with Crippen LogP contribution in [0.2, 0.25) is 0 Å². The minimum Gasteiger partial charge on any atom is -0.372 e. The average molecular weight is 350 g/mol. The van der Waals surface area contributed by atoms with Crippen LogP contribution in [0.25, 0.3) is 0 Å². The Morgan fingerprint density at radius 3 is 2.27 bits per heavy atom. The first-order chi connectivity index (χ1) is 9.49. The molecule has 22 heavy (non-hydrogen) atoms. The predicted molar refractivity (Wildman–Crippen MR) is 92.3 cm³/mol. The molecular weight excluding hydrogens is 325 g/mol. The lowest BCUT2D eigenvalue weighted by Crippen LogP contribution is -2.47. The second kappa shape index (κ2) is 9.33. The van der Waals surface area contributed by atoms with E-state index < -0.39 is 5.72 Å². The van der Waals surface area contributed by atoms with Crippen molar-refractivity contribution in [3.05, 3.63) is 35.9 Å². The van der Waals surface area contributed by atoms with Crippen LogP contribution in [-0.4, -0.2) is 54.0 Å². The van der Waals surface area contributed by atoms with E-state index in [0.29, 0.717) is 5.56 Å². The number of rotatable bonds is 4. The molecule has 0 radical (unpaired) electrons. The van der Waals surface area contributed by atoms with Crippen LogP contribution in [0.5, 0.6) is 0 Å². The Hall–Kier alpha value is -0.850. The van der Waals surface area contributed by atoms with E-state index in [-0.39, 0.29) is 43.6 Å². The fraction of sp³-hybridized carbons (Fsp3) is 0.533. The van der Waals surface area contributed by atoms with Crippen LogP contribution < -0.4 is 5.73 Å². The van der Waals surface area contributed by atoms with Crippen molar-refractivity contribution in [2.45, 2.75) is 18.6 Å². The Bertz CT molecular complexity index is 449. The number of benzene rings is 1. The van der Waals surface area contributed by atoms with Crippen LogP contribution in [-0.2, 0) is 10.5 Å². The van der Waals surface area contributed by atoms with E-state index in [0.717, 1.165) is 26.2 Å². The van der Waals surface area contributed by atoms with Crippen molar-refractivity contribution in [1.29, 1.82) is 0 Å². The summed E-state index contributed by atoms with van der Waals surface area (Å²) < 4.78 is 0. The van der Waals surface area contributed by atoms with Gasteiger partial charge in [0.1, 0.15) is 5.72 Å². The van der Waals surface area contributed by atoms with E-state index in [1.165, 1.54) is 0 Å². The SMILES string of the molecule is CN1CCN(C(=O)CCC(N)(O)c2ccccc2)CC1.Cl.Cl. The van der Waals surface area contributed by atoms with E-state index in [2.05, 4.69) is 11.9 Å². The highest BCUT2D eigenvalue weighted by atomic mass is 35.5. The van der Waals surface area contributed by atoms with Crippen molar-refractivity contribution in [1.82, 2.24) is 9.80 Å². The number of piperazine rings is 1. The van der Waals surface area contributed by atoms with Crippen LogP contribution in [0.3, 0.4) is 0 Å². The number of carbonyl (C=O) groups excluding carboxylic acids is 1. The zero-order valence-corrected chi connectivity index (χ0v) is 14.4. The van der Waals surface area contributed by atoms with Gasteiger partial charge < -0.3 is 14.9 Å². The third kappa shape index (κ3) is 5.74. The molecule has 1 amide bonds. The molecule has 7 heteroatoms. The van der Waals surface area contributed by atoms with Crippen LogP contribution in [0.15, 0.2) is 30.3 Å². The van der Waals surface area contributed by atoms with Gasteiger partial charge in [0.15, 0.2) is 0 Å². The quantitative estimate of drug-likeness (QED) is 0.801. The molecule has 1 aliphatic rings. The standard InChI is InChI=1S/C15H23N3O2.2ClH/c1-17-9-11-18(12-10-17)14(19)7-8-15(16,20)13-5-3-2-4-6-13;;/h2-6,20H,7-12,16H2,1H3;2*1H. The Balaban J connectivity index is 0.00000220. The molecule has 1 atom stereocenters. The average Bonchev–Trinajstić information content (AvgIpc) is 2.46. The van der Waals surface area contributed by atoms with E-state index >= 15 is 0 Å². The van der Waals surface area contributed by atoms with Gasteiger partial charge >= 0.3 is 0 Å². The lowest BCUT2D eigenvalue weighted by Gasteiger charge is -2.33. The number of carbonyl (C=O) groups is 1. The van der Waals surface area contributed by atoms with Gasteiger partial charge in [-0.15, -0.1) is 24.8 Å². The zero-order valence-electron chi connectivity index (χ0n) is 12.8. The molecule has 1 heterocycles. The summed E-state index contributed by atoms with van der Waals surface area (Å²) in [5.74, 6) is 0.0675. The van der Waals surface area contributed by atoms with Crippen molar-refractivity contribution >= 4 is 30.7 Å². The summed E-state index contributed by atoms with van der Waals surface area (Å²) in [7, 11) is 2.05. The highest BCUT2D eigenvalue weighted by molar-refractivity contribution is 5.85. The summed E-state index contributed by atoms with van der Waals surface area (Å²) in [5, 5.41) is 10.3. The van der Waals surface area contributed by atoms with E-state index in [9.17, 15) is 9.90 Å². The summed E-state index contributed by atoms with van der Waals surface area (Å²) in [6, 6.07) is 9.08. The van der Waals surface area contributed by atoms with Gasteiger partial charge in [0.2, 0.25) is 5.91 Å². The summed E-state index contributed by atoms with van der Waals surface area (Å²) in [6.45, 7) is 3.31. The summed E-state index contributed by atoms with van der Waals surface area (Å²) in [6.07, 6.45) is 0.508. The Labute approximate surface area is 144 Å². The Morgan fingerprint density at radius 2 is 1.73 bits per heavy atom. The number of aliphatic hydroxyl groups is 1. The number of hydrogen-bond donors (Lipinski definition) is 2. The number of hydrogen-bond acceptors (Lipinski definition) is 4. The molecule has 126 valence electrons. The maximum absolute atomic E-state index is 12.1. The number of halogens is 2. The van der Waals surface area contributed by atoms with Gasteiger partial charge in [-0.1, -0.05) is 30.3 Å². The molecule has 0 spiro atoms. The molecule has 1 aliphatic heterocycles. The lowest BCUT2D eigenvalue weighted by atomic mass is 9.98. The predicted octanol–water partition coefficient (Wildman–Crippen LogP) is 1.19. The fourth-order valence-corrected chi connectivity index (χ4v) is 2.38. The molecule has 5 nitrogen and oxygen atoms in total. The summed E-state index contributed by atoms with van der Waals surface area (Å²) >= 11 is 0. The smallest absolute Gasteiger partial charge is 0.222 e. The molecule has 1 aromatic carbocycles. The minimum absolute atomic E-state index is 0. The highest BCUT2D eigenvalue weighted by Crippen LogP contribution is 2.21. The molecule has 1 fully saturated rings. The molecular formula is C15H25Cl2N3O2. The first-order valence-electron chi connectivity index (χ1n) is 7.02. The Morgan fingerprint density at radius 1 is 1.18 bits per heavy atom. The molecule has 2 rings (SSSR count). The summed E-state index contributed by atoms with van der Waals surface area (Å²) in [5.41, 5.74) is 5.12. The molecule has 0 aliphatic carbocycles. The highest BCUT2D eigenvalue weighted by Gasteiger charge is 2.26. The molecule has 1 saturated heterocycles. The van der Waals surface area contributed by atoms with Crippen LogP contribution in [0.1, 0.15) is 18.4 Å². The third-order valence-corrected chi connectivity index (χ3v) is 3.85. The molecule has 3 N–H and O–H groups in total. The number of nitrogens with zero attached hydrogens (tertiary/aromatic N) is 2. The van der Waals surface area contributed by atoms with Gasteiger partial charge in [0.05, 0.1) is 0 Å². The number of nitrogens with two attached hydrogens (primary N) is 1. The largest absolute Gasteiger partial charge is 0.372 e. The molecule has 0 saturated carbocycles. The van der Waals surface area contributed by atoms with E-state index in [4.69, 9.17) is 5.73 Å². The van der Waals surface area contributed by atoms with Gasteiger partial charge in [0, 0.05) is 39.0 Å². The van der Waals surface area contributed by atoms with Crippen molar-refractivity contribution < 1.29 is 9.90 Å². The van der Waals surface area contributed by atoms with Gasteiger partial charge in [-0.3, -0.25) is 10.5 Å². The lowest BCUT2D eigenvalue weighted by molar-refractivity contribution is -0.134. The second-order valence-electron chi connectivity index (χ2n) is 5.47. The molecule has 1 unspecified atom stereocenters. The van der Waals surface area contributed by atoms with Gasteiger partial charge in [0.25, 0.3) is 0 Å². The monoisotopic (exact) mass is 349 g/mol. The van der Waals surface area contributed by atoms with Crippen LogP contribution in [0.4, 0.5) is 0 Å². The minimum atomic E-state index is -1.44. The maximum Gasteiger partial charge on any atom is 0.222 e. The normalized spacial score (nSPS) is 17.9. The zero-order chi connectivity index (χ0) is 14.6. The topological polar surface area (TPSA) is 69.8 Å². The first-order valence-corrected chi connectivity index (χ1v) is 7.02. The van der Waals surface area contributed by atoms with Gasteiger partial charge in [-0.25, -0.2) is 0 Å². The number of amides is 1. The van der Waals surface area contributed by atoms with Crippen molar-refractivity contribution in [2.24, 2.45) is 5.73 Å². The third-order valence-electron chi connectivity index (χ3n) is 3.85. The number of likely N-dealkylation sites (N-methyl/N-ethyl adjacent to an activating group) is 1. The second-order valence-corrected chi connectivity index (χ2v) is 5.47. The van der Waals surface area contributed by atoms with Crippen LogP contribution in [0, 0.1) is 0 Å². The van der Waals surface area contributed by atoms with Crippen molar-refractivity contribution in [3.8, 4) is 0 Å². The van der Waals surface area contributed by atoms with Gasteiger partial charge in [-0.05, 0) is 12.6 Å². The first kappa shape index (κ1) is 21.1. The van der Waals surface area contributed by atoms with Crippen molar-refractivity contribution in [2.75, 3.05) is 33.2 Å². The fourth-order valence-electron chi connectivity index (χ4n) is 2.38. The Kier molecular flexibility index (Phi) is 8.96. The maximum atomic E-state index is 12.1. The van der Waals surface area contributed by atoms with Gasteiger partial charge in [-0.2, -0.15) is 0 Å². The van der Waals surface area contributed by atoms with E-state index in [1.807, 2.05) is 23.1 Å².